The predicted molar refractivity (Wildman–Crippen MR) is 92.7 cm³/mol. The van der Waals surface area contributed by atoms with Crippen molar-refractivity contribution in [3.8, 4) is 11.5 Å². The van der Waals surface area contributed by atoms with Gasteiger partial charge in [-0.1, -0.05) is 6.07 Å². The highest BCUT2D eigenvalue weighted by Gasteiger charge is 2.12. The van der Waals surface area contributed by atoms with Crippen molar-refractivity contribution >= 4 is 17.2 Å². The highest BCUT2D eigenvalue weighted by Crippen LogP contribution is 2.27. The average Bonchev–Trinajstić information content (AvgIpc) is 2.92. The smallest absolute Gasteiger partial charge is 0.225 e. The largest absolute Gasteiger partial charge is 0.493 e. The number of hydrogen-bond donors (Lipinski definition) is 1. The Morgan fingerprint density at radius 1 is 1.21 bits per heavy atom. The zero-order valence-electron chi connectivity index (χ0n) is 14.3. The summed E-state index contributed by atoms with van der Waals surface area (Å²) in [6.07, 6.45) is 0.320. The molecule has 24 heavy (non-hydrogen) atoms. The van der Waals surface area contributed by atoms with Gasteiger partial charge in [0.15, 0.2) is 11.5 Å². The molecule has 1 heterocycles. The third-order valence-corrected chi connectivity index (χ3v) is 4.59. The van der Waals surface area contributed by atoms with Crippen LogP contribution in [0.15, 0.2) is 18.2 Å². The molecule has 6 nitrogen and oxygen atoms in total. The Balaban J connectivity index is 1.93. The minimum atomic E-state index is -0.0412. The van der Waals surface area contributed by atoms with Gasteiger partial charge in [-0.25, -0.2) is 4.98 Å². The number of amides is 1. The van der Waals surface area contributed by atoms with Gasteiger partial charge in [-0.15, -0.1) is 11.3 Å². The van der Waals surface area contributed by atoms with Crippen molar-refractivity contribution < 1.29 is 19.0 Å². The highest BCUT2D eigenvalue weighted by molar-refractivity contribution is 7.11. The van der Waals surface area contributed by atoms with Gasteiger partial charge < -0.3 is 19.5 Å². The number of nitrogens with one attached hydrogen (secondary N) is 1. The number of carbonyl (C=O) groups is 1. The van der Waals surface area contributed by atoms with Crippen molar-refractivity contribution in [2.24, 2.45) is 0 Å². The summed E-state index contributed by atoms with van der Waals surface area (Å²) in [7, 11) is 4.81. The molecule has 7 heteroatoms. The number of hydrogen-bond acceptors (Lipinski definition) is 6. The molecule has 0 unspecified atom stereocenters. The number of rotatable bonds is 8. The predicted octanol–water partition coefficient (Wildman–Crippen LogP) is 2.47. The van der Waals surface area contributed by atoms with Gasteiger partial charge >= 0.3 is 0 Å². The van der Waals surface area contributed by atoms with Crippen LogP contribution in [0.1, 0.15) is 21.1 Å². The average molecular weight is 350 g/mol. The monoisotopic (exact) mass is 350 g/mol. The van der Waals surface area contributed by atoms with E-state index in [9.17, 15) is 4.79 Å². The van der Waals surface area contributed by atoms with Crippen LogP contribution in [-0.4, -0.2) is 32.2 Å². The second-order valence-electron chi connectivity index (χ2n) is 5.19. The molecule has 0 atom stereocenters. The zero-order chi connectivity index (χ0) is 17.5. The molecular weight excluding hydrogens is 328 g/mol. The Kier molecular flexibility index (Phi) is 6.57. The van der Waals surface area contributed by atoms with E-state index in [1.807, 2.05) is 25.1 Å². The molecule has 1 amide bonds. The highest BCUT2D eigenvalue weighted by atomic mass is 32.1. The van der Waals surface area contributed by atoms with Crippen LogP contribution in [-0.2, 0) is 29.1 Å². The van der Waals surface area contributed by atoms with E-state index in [1.165, 1.54) is 11.3 Å². The number of aryl methyl sites for hydroxylation is 1. The molecule has 0 fully saturated rings. The maximum absolute atomic E-state index is 12.2. The summed E-state index contributed by atoms with van der Waals surface area (Å²) < 4.78 is 15.5. The lowest BCUT2D eigenvalue weighted by Gasteiger charge is -2.10. The normalized spacial score (nSPS) is 10.5. The molecule has 0 spiro atoms. The Bertz CT molecular complexity index is 700. The van der Waals surface area contributed by atoms with Gasteiger partial charge in [0.05, 0.1) is 32.9 Å². The molecule has 2 aromatic rings. The van der Waals surface area contributed by atoms with Crippen LogP contribution in [0.5, 0.6) is 11.5 Å². The van der Waals surface area contributed by atoms with Crippen molar-refractivity contribution in [1.82, 2.24) is 10.3 Å². The molecule has 0 saturated carbocycles. The Morgan fingerprint density at radius 2 is 1.96 bits per heavy atom. The van der Waals surface area contributed by atoms with Gasteiger partial charge in [-0.3, -0.25) is 4.79 Å². The molecule has 0 bridgehead atoms. The van der Waals surface area contributed by atoms with Gasteiger partial charge in [0.25, 0.3) is 0 Å². The third-order valence-electron chi connectivity index (χ3n) is 3.46. The van der Waals surface area contributed by atoms with Crippen molar-refractivity contribution in [3.05, 3.63) is 39.3 Å². The number of ether oxygens (including phenoxy) is 3. The van der Waals surface area contributed by atoms with Crippen LogP contribution < -0.4 is 14.8 Å². The van der Waals surface area contributed by atoms with Crippen LogP contribution in [0.25, 0.3) is 0 Å². The number of methoxy groups -OCH3 is 3. The summed E-state index contributed by atoms with van der Waals surface area (Å²) in [6, 6.07) is 5.58. The lowest BCUT2D eigenvalue weighted by molar-refractivity contribution is -0.120. The summed E-state index contributed by atoms with van der Waals surface area (Å²) in [5.74, 6) is 1.27. The number of carbonyl (C=O) groups excluding carboxylic acids is 1. The first-order chi connectivity index (χ1) is 11.6. The minimum Gasteiger partial charge on any atom is -0.493 e. The number of benzene rings is 1. The molecule has 1 N–H and O–H groups in total. The van der Waals surface area contributed by atoms with Crippen LogP contribution >= 0.6 is 11.3 Å². The van der Waals surface area contributed by atoms with Gasteiger partial charge in [0.2, 0.25) is 5.91 Å². The molecule has 2 rings (SSSR count). The molecule has 130 valence electrons. The fourth-order valence-electron chi connectivity index (χ4n) is 2.24. The van der Waals surface area contributed by atoms with Gasteiger partial charge in [0.1, 0.15) is 5.01 Å². The molecular formula is C17H22N2O4S. The fraction of sp³-hybridized carbons (Fsp3) is 0.412. The van der Waals surface area contributed by atoms with E-state index in [4.69, 9.17) is 14.2 Å². The maximum Gasteiger partial charge on any atom is 0.225 e. The fourth-order valence-corrected chi connectivity index (χ4v) is 3.28. The molecule has 1 aromatic heterocycles. The van der Waals surface area contributed by atoms with Gasteiger partial charge in [-0.05, 0) is 24.6 Å². The molecule has 0 aliphatic rings. The summed E-state index contributed by atoms with van der Waals surface area (Å²) in [4.78, 5) is 17.5. The van der Waals surface area contributed by atoms with Gasteiger partial charge in [-0.2, -0.15) is 0 Å². The first-order valence-electron chi connectivity index (χ1n) is 7.49. The lowest BCUT2D eigenvalue weighted by Crippen LogP contribution is -2.24. The number of thiazole rings is 1. The first kappa shape index (κ1) is 18.2. The van der Waals surface area contributed by atoms with Gasteiger partial charge in [0, 0.05) is 18.5 Å². The Hall–Kier alpha value is -2.12. The van der Waals surface area contributed by atoms with E-state index >= 15 is 0 Å². The summed E-state index contributed by atoms with van der Waals surface area (Å²) >= 11 is 1.51. The van der Waals surface area contributed by atoms with E-state index < -0.39 is 0 Å². The minimum absolute atomic E-state index is 0.0412. The molecule has 0 radical (unpaired) electrons. The number of aromatic nitrogens is 1. The van der Waals surface area contributed by atoms with Crippen molar-refractivity contribution in [1.29, 1.82) is 0 Å². The lowest BCUT2D eigenvalue weighted by atomic mass is 10.2. The van der Waals surface area contributed by atoms with E-state index in [0.29, 0.717) is 31.1 Å². The second kappa shape index (κ2) is 8.65. The van der Waals surface area contributed by atoms with E-state index in [2.05, 4.69) is 10.3 Å². The maximum atomic E-state index is 12.2. The van der Waals surface area contributed by atoms with Crippen molar-refractivity contribution in [3.63, 3.8) is 0 Å². The molecule has 0 aliphatic carbocycles. The quantitative estimate of drug-likeness (QED) is 0.792. The first-order valence-corrected chi connectivity index (χ1v) is 8.30. The van der Waals surface area contributed by atoms with E-state index in [0.717, 1.165) is 21.1 Å². The Labute approximate surface area is 145 Å². The molecule has 1 aromatic carbocycles. The number of nitrogens with zero attached hydrogens (tertiary/aromatic N) is 1. The summed E-state index contributed by atoms with van der Waals surface area (Å²) in [5.41, 5.74) is 1.83. The second-order valence-corrected chi connectivity index (χ2v) is 6.36. The van der Waals surface area contributed by atoms with Crippen molar-refractivity contribution in [2.75, 3.05) is 21.3 Å². The van der Waals surface area contributed by atoms with Crippen LogP contribution in [0.2, 0.25) is 0 Å². The standard InChI is InChI=1S/C17H22N2O4S/c1-11-15(24-17(19-11)10-21-2)8-16(20)18-9-12-5-6-13(22-3)14(7-12)23-4/h5-7H,8-10H2,1-4H3,(H,18,20). The topological polar surface area (TPSA) is 69.7 Å². The molecule has 0 aliphatic heterocycles. The van der Waals surface area contributed by atoms with Crippen LogP contribution in [0.4, 0.5) is 0 Å². The third kappa shape index (κ3) is 4.69. The summed E-state index contributed by atoms with van der Waals surface area (Å²) in [5, 5.41) is 3.80. The van der Waals surface area contributed by atoms with Crippen LogP contribution in [0.3, 0.4) is 0 Å². The van der Waals surface area contributed by atoms with E-state index in [-0.39, 0.29) is 5.91 Å². The molecule has 0 saturated heterocycles. The Morgan fingerprint density at radius 3 is 2.62 bits per heavy atom. The van der Waals surface area contributed by atoms with Crippen molar-refractivity contribution in [2.45, 2.75) is 26.5 Å². The SMILES string of the molecule is COCc1nc(C)c(CC(=O)NCc2ccc(OC)c(OC)c2)s1. The van der Waals surface area contributed by atoms with Crippen LogP contribution in [0, 0.1) is 6.92 Å². The zero-order valence-corrected chi connectivity index (χ0v) is 15.2. The summed E-state index contributed by atoms with van der Waals surface area (Å²) in [6.45, 7) is 2.81. The van der Waals surface area contributed by atoms with E-state index in [1.54, 1.807) is 21.3 Å².